The van der Waals surface area contributed by atoms with Gasteiger partial charge in [-0.25, -0.2) is 0 Å². The van der Waals surface area contributed by atoms with Crippen molar-refractivity contribution in [2.24, 2.45) is 13.0 Å². The number of hydrogen-bond acceptors (Lipinski definition) is 2. The number of nitrogens with zero attached hydrogens (tertiary/aromatic N) is 1. The van der Waals surface area contributed by atoms with Gasteiger partial charge in [0.25, 0.3) is 0 Å². The van der Waals surface area contributed by atoms with E-state index in [4.69, 9.17) is 0 Å². The first-order valence-electron chi connectivity index (χ1n) is 10.3. The Hall–Kier alpha value is -2.68. The Morgan fingerprint density at radius 1 is 0.893 bits per heavy atom. The van der Waals surface area contributed by atoms with Gasteiger partial charge in [0.1, 0.15) is 5.78 Å². The van der Waals surface area contributed by atoms with E-state index in [2.05, 4.69) is 18.4 Å². The van der Waals surface area contributed by atoms with Crippen molar-refractivity contribution >= 4 is 22.5 Å². The normalized spacial score (nSPS) is 11.3. The average molecular weight is 376 g/mol. The molecule has 0 spiro atoms. The van der Waals surface area contributed by atoms with Gasteiger partial charge in [0, 0.05) is 23.9 Å². The highest BCUT2D eigenvalue weighted by Gasteiger charge is 2.26. The van der Waals surface area contributed by atoms with Gasteiger partial charge in [-0.1, -0.05) is 75.2 Å². The second kappa shape index (κ2) is 9.01. The molecule has 1 aromatic heterocycles. The Labute approximate surface area is 167 Å². The van der Waals surface area contributed by atoms with Gasteiger partial charge in [0.15, 0.2) is 5.78 Å². The molecule has 0 unspecified atom stereocenters. The number of para-hydroxylation sites is 1. The molecule has 146 valence electrons. The number of aromatic nitrogens is 1. The summed E-state index contributed by atoms with van der Waals surface area (Å²) in [5, 5.41) is 0.921. The number of aryl methyl sites for hydroxylation is 1. The molecule has 0 fully saturated rings. The molecule has 2 aromatic carbocycles. The van der Waals surface area contributed by atoms with E-state index >= 15 is 0 Å². The number of benzene rings is 2. The zero-order valence-electron chi connectivity index (χ0n) is 17.1. The molecule has 0 aliphatic heterocycles. The molecule has 3 rings (SSSR count). The molecule has 0 atom stereocenters. The molecule has 0 saturated heterocycles. The van der Waals surface area contributed by atoms with Gasteiger partial charge in [-0.05, 0) is 24.5 Å². The summed E-state index contributed by atoms with van der Waals surface area (Å²) in [6.07, 6.45) is 3.64. The molecular weight excluding hydrogens is 346 g/mol. The first-order valence-corrected chi connectivity index (χ1v) is 10.3. The Morgan fingerprint density at radius 2 is 1.50 bits per heavy atom. The van der Waals surface area contributed by atoms with Gasteiger partial charge in [0.05, 0.1) is 17.7 Å². The largest absolute Gasteiger partial charge is 0.343 e. The molecule has 0 saturated carbocycles. The van der Waals surface area contributed by atoms with Crippen LogP contribution in [0.15, 0.2) is 54.6 Å². The van der Waals surface area contributed by atoms with E-state index in [1.54, 1.807) is 0 Å². The van der Waals surface area contributed by atoms with E-state index < -0.39 is 0 Å². The van der Waals surface area contributed by atoms with E-state index in [0.29, 0.717) is 5.56 Å². The fourth-order valence-electron chi connectivity index (χ4n) is 4.16. The van der Waals surface area contributed by atoms with Gasteiger partial charge in [0.2, 0.25) is 0 Å². The number of ketones is 2. The Morgan fingerprint density at radius 3 is 2.14 bits per heavy atom. The quantitative estimate of drug-likeness (QED) is 0.330. The van der Waals surface area contributed by atoms with E-state index in [1.165, 1.54) is 0 Å². The fraction of sp³-hybridized carbons (Fsp3) is 0.360. The lowest BCUT2D eigenvalue weighted by atomic mass is 9.89. The van der Waals surface area contributed by atoms with Gasteiger partial charge in [-0.3, -0.25) is 9.59 Å². The van der Waals surface area contributed by atoms with Crippen LogP contribution in [-0.2, 0) is 11.8 Å². The average Bonchev–Trinajstić information content (AvgIpc) is 3.01. The highest BCUT2D eigenvalue weighted by atomic mass is 16.1. The molecule has 0 aliphatic rings. The van der Waals surface area contributed by atoms with Crippen molar-refractivity contribution in [3.8, 4) is 11.3 Å². The SMILES string of the molecule is CCCC(CCC)C(=O)CC(=O)c1c(-c2ccccc2)n(C)c2ccccc12. The van der Waals surface area contributed by atoms with E-state index in [-0.39, 0.29) is 23.9 Å². The maximum Gasteiger partial charge on any atom is 0.173 e. The Bertz CT molecular complexity index is 963. The standard InChI is InChI=1S/C25H29NO2/c1-4-11-18(12-5-2)22(27)17-23(28)24-20-15-9-10-16-21(20)26(3)25(24)19-13-7-6-8-14-19/h6-10,13-16,18H,4-5,11-12,17H2,1-3H3. The third-order valence-electron chi connectivity index (χ3n) is 5.50. The summed E-state index contributed by atoms with van der Waals surface area (Å²) in [5.41, 5.74) is 3.57. The molecular formula is C25H29NO2. The molecule has 28 heavy (non-hydrogen) atoms. The summed E-state index contributed by atoms with van der Waals surface area (Å²) in [6, 6.07) is 17.9. The first kappa shape index (κ1) is 20.1. The Balaban J connectivity index is 2.04. The van der Waals surface area contributed by atoms with Crippen LogP contribution in [0.5, 0.6) is 0 Å². The van der Waals surface area contributed by atoms with Crippen molar-refractivity contribution in [1.82, 2.24) is 4.57 Å². The van der Waals surface area contributed by atoms with Crippen molar-refractivity contribution < 1.29 is 9.59 Å². The van der Waals surface area contributed by atoms with Crippen LogP contribution in [0, 0.1) is 5.92 Å². The Kier molecular flexibility index (Phi) is 6.45. The highest BCUT2D eigenvalue weighted by Crippen LogP contribution is 2.34. The zero-order chi connectivity index (χ0) is 20.1. The molecule has 3 aromatic rings. The number of carbonyl (C=O) groups excluding carboxylic acids is 2. The molecule has 0 N–H and O–H groups in total. The third-order valence-corrected chi connectivity index (χ3v) is 5.50. The van der Waals surface area contributed by atoms with Crippen molar-refractivity contribution in [2.45, 2.75) is 46.0 Å². The third kappa shape index (κ3) is 3.94. The van der Waals surface area contributed by atoms with Crippen LogP contribution >= 0.6 is 0 Å². The van der Waals surface area contributed by atoms with Crippen molar-refractivity contribution in [1.29, 1.82) is 0 Å². The number of fused-ring (bicyclic) bond motifs is 1. The van der Waals surface area contributed by atoms with Crippen LogP contribution in [-0.4, -0.2) is 16.1 Å². The molecule has 0 aliphatic carbocycles. The maximum atomic E-state index is 13.4. The molecule has 3 nitrogen and oxygen atoms in total. The van der Waals surface area contributed by atoms with E-state index in [9.17, 15) is 9.59 Å². The van der Waals surface area contributed by atoms with Gasteiger partial charge < -0.3 is 4.57 Å². The van der Waals surface area contributed by atoms with Gasteiger partial charge in [-0.15, -0.1) is 0 Å². The summed E-state index contributed by atoms with van der Waals surface area (Å²) in [4.78, 5) is 26.2. The summed E-state index contributed by atoms with van der Waals surface area (Å²) in [7, 11) is 1.99. The van der Waals surface area contributed by atoms with E-state index in [0.717, 1.165) is 47.8 Å². The van der Waals surface area contributed by atoms with Gasteiger partial charge >= 0.3 is 0 Å². The predicted molar refractivity (Wildman–Crippen MR) is 116 cm³/mol. The number of hydrogen-bond donors (Lipinski definition) is 0. The van der Waals surface area contributed by atoms with Crippen LogP contribution in [0.2, 0.25) is 0 Å². The highest BCUT2D eigenvalue weighted by molar-refractivity contribution is 6.18. The van der Waals surface area contributed by atoms with Crippen molar-refractivity contribution in [2.75, 3.05) is 0 Å². The molecule has 0 radical (unpaired) electrons. The molecule has 3 heteroatoms. The maximum absolute atomic E-state index is 13.4. The van der Waals surface area contributed by atoms with Crippen LogP contribution in [0.3, 0.4) is 0 Å². The summed E-state index contributed by atoms with van der Waals surface area (Å²) < 4.78 is 2.07. The van der Waals surface area contributed by atoms with E-state index in [1.807, 2.05) is 61.6 Å². The number of carbonyl (C=O) groups is 2. The van der Waals surface area contributed by atoms with Crippen LogP contribution in [0.25, 0.3) is 22.2 Å². The van der Waals surface area contributed by atoms with Crippen LogP contribution in [0.1, 0.15) is 56.3 Å². The minimum absolute atomic E-state index is 0.00546. The topological polar surface area (TPSA) is 39.1 Å². The van der Waals surface area contributed by atoms with Crippen molar-refractivity contribution in [3.63, 3.8) is 0 Å². The number of Topliss-reactive ketones (excluding diaryl/α,β-unsaturated/α-hetero) is 2. The van der Waals surface area contributed by atoms with Gasteiger partial charge in [-0.2, -0.15) is 0 Å². The predicted octanol–water partition coefficient (Wildman–Crippen LogP) is 6.20. The lowest BCUT2D eigenvalue weighted by Gasteiger charge is -2.14. The summed E-state index contributed by atoms with van der Waals surface area (Å²) in [5.74, 6) is 0.00704. The smallest absolute Gasteiger partial charge is 0.173 e. The minimum atomic E-state index is -0.0714. The fourth-order valence-corrected chi connectivity index (χ4v) is 4.16. The summed E-state index contributed by atoms with van der Waals surface area (Å²) >= 11 is 0. The summed E-state index contributed by atoms with van der Waals surface area (Å²) in [6.45, 7) is 4.19. The first-order chi connectivity index (χ1) is 13.6. The van der Waals surface area contributed by atoms with Crippen LogP contribution in [0.4, 0.5) is 0 Å². The van der Waals surface area contributed by atoms with Crippen LogP contribution < -0.4 is 0 Å². The molecule has 1 heterocycles. The minimum Gasteiger partial charge on any atom is -0.343 e. The molecule has 0 amide bonds. The number of rotatable bonds is 9. The lowest BCUT2D eigenvalue weighted by molar-refractivity contribution is -0.122. The van der Waals surface area contributed by atoms with Crippen molar-refractivity contribution in [3.05, 3.63) is 60.2 Å². The zero-order valence-corrected chi connectivity index (χ0v) is 17.1. The second-order valence-electron chi connectivity index (χ2n) is 7.51. The monoisotopic (exact) mass is 375 g/mol. The molecule has 0 bridgehead atoms. The lowest BCUT2D eigenvalue weighted by Crippen LogP contribution is -2.18. The second-order valence-corrected chi connectivity index (χ2v) is 7.51.